The van der Waals surface area contributed by atoms with Gasteiger partial charge in [-0.25, -0.2) is 5.09 Å². The fourth-order valence-corrected chi connectivity index (χ4v) is 6.21. The molecule has 3 heteroatoms. The highest BCUT2D eigenvalue weighted by Crippen LogP contribution is 2.44. The van der Waals surface area contributed by atoms with E-state index in [2.05, 4.69) is 49.3 Å². The summed E-state index contributed by atoms with van der Waals surface area (Å²) >= 11 is 0. The van der Waals surface area contributed by atoms with Gasteiger partial charge in [0.2, 0.25) is 7.29 Å². The predicted octanol–water partition coefficient (Wildman–Crippen LogP) is 6.77. The van der Waals surface area contributed by atoms with Crippen molar-refractivity contribution < 1.29 is 4.57 Å². The largest absolute Gasteiger partial charge is 0.296 e. The van der Waals surface area contributed by atoms with Crippen LogP contribution in [0.1, 0.15) is 51.1 Å². The van der Waals surface area contributed by atoms with E-state index < -0.39 is 7.29 Å². The first-order valence-electron chi connectivity index (χ1n) is 10.9. The smallest absolute Gasteiger partial charge is 0.205 e. The van der Waals surface area contributed by atoms with Crippen LogP contribution < -0.4 is 15.7 Å². The number of hydrogen-bond donors (Lipinski definition) is 1. The first kappa shape index (κ1) is 22.3. The Labute approximate surface area is 181 Å². The van der Waals surface area contributed by atoms with E-state index in [9.17, 15) is 4.57 Å². The first-order valence-corrected chi connectivity index (χ1v) is 12.6. The van der Waals surface area contributed by atoms with Gasteiger partial charge in [-0.1, -0.05) is 105 Å². The van der Waals surface area contributed by atoms with Crippen LogP contribution in [0.15, 0.2) is 103 Å². The predicted molar refractivity (Wildman–Crippen MR) is 130 cm³/mol. The quantitative estimate of drug-likeness (QED) is 0.291. The molecule has 0 radical (unpaired) electrons. The summed E-state index contributed by atoms with van der Waals surface area (Å²) in [5.41, 5.74) is 2.47. The number of allylic oxidation sites excluding steroid dienone is 1. The zero-order valence-electron chi connectivity index (χ0n) is 18.0. The van der Waals surface area contributed by atoms with Crippen LogP contribution in [-0.2, 0) is 4.57 Å². The van der Waals surface area contributed by atoms with Gasteiger partial charge in [-0.3, -0.25) is 4.57 Å². The van der Waals surface area contributed by atoms with Gasteiger partial charge in [-0.15, -0.1) is 0 Å². The van der Waals surface area contributed by atoms with E-state index in [-0.39, 0.29) is 6.04 Å². The maximum absolute atomic E-state index is 14.6. The summed E-state index contributed by atoms with van der Waals surface area (Å²) < 4.78 is 14.6. The number of rotatable bonds is 10. The Balaban J connectivity index is 2.13. The third-order valence-corrected chi connectivity index (χ3v) is 7.96. The number of hydrogen-bond acceptors (Lipinski definition) is 1. The summed E-state index contributed by atoms with van der Waals surface area (Å²) in [6.07, 6.45) is 6.51. The fraction of sp³-hybridized carbons (Fsp3) is 0.259. The van der Waals surface area contributed by atoms with Crippen molar-refractivity contribution in [2.45, 2.75) is 45.6 Å². The molecule has 0 heterocycles. The molecule has 1 atom stereocenters. The van der Waals surface area contributed by atoms with Gasteiger partial charge in [0.1, 0.15) is 0 Å². The van der Waals surface area contributed by atoms with Crippen molar-refractivity contribution in [3.8, 4) is 0 Å². The summed E-state index contributed by atoms with van der Waals surface area (Å²) in [5.74, 6) is 0. The number of nitrogens with one attached hydrogen (secondary N) is 1. The van der Waals surface area contributed by atoms with E-state index in [0.717, 1.165) is 41.9 Å². The normalized spacial score (nSPS) is 13.2. The minimum atomic E-state index is -3.05. The molecular formula is C27H32NOP. The zero-order chi connectivity index (χ0) is 21.2. The summed E-state index contributed by atoms with van der Waals surface area (Å²) in [6, 6.07) is 30.0. The lowest BCUT2D eigenvalue weighted by Gasteiger charge is -2.29. The lowest BCUT2D eigenvalue weighted by Crippen LogP contribution is -2.31. The number of unbranched alkanes of at least 4 members (excludes halogenated alkanes) is 1. The molecule has 0 aliphatic heterocycles. The van der Waals surface area contributed by atoms with E-state index >= 15 is 0 Å². The fourth-order valence-electron chi connectivity index (χ4n) is 3.76. The van der Waals surface area contributed by atoms with E-state index in [1.54, 1.807) is 0 Å². The van der Waals surface area contributed by atoms with E-state index in [4.69, 9.17) is 0 Å². The van der Waals surface area contributed by atoms with Crippen LogP contribution in [-0.4, -0.2) is 0 Å². The van der Waals surface area contributed by atoms with Gasteiger partial charge in [-0.05, 0) is 42.7 Å². The molecule has 0 amide bonds. The van der Waals surface area contributed by atoms with Crippen LogP contribution in [0.2, 0.25) is 0 Å². The molecular weight excluding hydrogens is 385 g/mol. The Morgan fingerprint density at radius 1 is 0.800 bits per heavy atom. The molecule has 0 saturated carbocycles. The molecule has 0 fully saturated rings. The van der Waals surface area contributed by atoms with Crippen LogP contribution in [0.4, 0.5) is 0 Å². The van der Waals surface area contributed by atoms with Crippen molar-refractivity contribution >= 4 is 17.9 Å². The van der Waals surface area contributed by atoms with Crippen LogP contribution in [0.5, 0.6) is 0 Å². The van der Waals surface area contributed by atoms with Gasteiger partial charge >= 0.3 is 0 Å². The van der Waals surface area contributed by atoms with Crippen LogP contribution >= 0.6 is 7.29 Å². The van der Waals surface area contributed by atoms with Crippen molar-refractivity contribution in [3.05, 3.63) is 108 Å². The Morgan fingerprint density at radius 2 is 1.30 bits per heavy atom. The van der Waals surface area contributed by atoms with Crippen molar-refractivity contribution in [2.75, 3.05) is 0 Å². The Bertz CT molecular complexity index is 924. The van der Waals surface area contributed by atoms with Crippen molar-refractivity contribution in [2.24, 2.45) is 0 Å². The van der Waals surface area contributed by atoms with E-state index in [0.29, 0.717) is 0 Å². The third kappa shape index (κ3) is 5.39. The molecule has 30 heavy (non-hydrogen) atoms. The monoisotopic (exact) mass is 417 g/mol. The summed E-state index contributed by atoms with van der Waals surface area (Å²) in [6.45, 7) is 4.40. The zero-order valence-corrected chi connectivity index (χ0v) is 18.9. The van der Waals surface area contributed by atoms with Crippen molar-refractivity contribution in [1.82, 2.24) is 5.09 Å². The average Bonchev–Trinajstić information content (AvgIpc) is 2.82. The molecule has 0 spiro atoms. The second-order valence-corrected chi connectivity index (χ2v) is 10.1. The lowest BCUT2D eigenvalue weighted by molar-refractivity contribution is 0.568. The second kappa shape index (κ2) is 11.1. The maximum Gasteiger partial charge on any atom is 0.205 e. The van der Waals surface area contributed by atoms with Crippen molar-refractivity contribution in [3.63, 3.8) is 0 Å². The molecule has 0 unspecified atom stereocenters. The maximum atomic E-state index is 14.6. The first-order chi connectivity index (χ1) is 14.7. The molecule has 0 aliphatic carbocycles. The number of benzene rings is 3. The Kier molecular flexibility index (Phi) is 8.25. The molecule has 1 N–H and O–H groups in total. The molecule has 0 aliphatic rings. The lowest BCUT2D eigenvalue weighted by atomic mass is 9.95. The highest BCUT2D eigenvalue weighted by molar-refractivity contribution is 7.76. The molecule has 3 aromatic carbocycles. The highest BCUT2D eigenvalue weighted by atomic mass is 31.2. The molecule has 0 aromatic heterocycles. The summed E-state index contributed by atoms with van der Waals surface area (Å²) in [5, 5.41) is 5.33. The molecule has 156 valence electrons. The van der Waals surface area contributed by atoms with Crippen LogP contribution in [0.25, 0.3) is 0 Å². The molecule has 0 saturated heterocycles. The van der Waals surface area contributed by atoms with Gasteiger partial charge in [-0.2, -0.15) is 0 Å². The summed E-state index contributed by atoms with van der Waals surface area (Å²) in [7, 11) is -3.05. The van der Waals surface area contributed by atoms with E-state index in [1.807, 2.05) is 66.7 Å². The minimum absolute atomic E-state index is 0.0936. The van der Waals surface area contributed by atoms with Gasteiger partial charge in [0.15, 0.2) is 0 Å². The van der Waals surface area contributed by atoms with Gasteiger partial charge in [0, 0.05) is 10.6 Å². The average molecular weight is 418 g/mol. The topological polar surface area (TPSA) is 29.1 Å². The molecule has 0 bridgehead atoms. The van der Waals surface area contributed by atoms with Crippen LogP contribution in [0, 0.1) is 0 Å². The van der Waals surface area contributed by atoms with E-state index in [1.165, 1.54) is 5.57 Å². The summed E-state index contributed by atoms with van der Waals surface area (Å²) in [4.78, 5) is 0. The SMILES string of the molecule is CCCC=C(CCC)[C@@H](NP(=O)(c1ccccc1)c1ccccc1)c1ccccc1. The van der Waals surface area contributed by atoms with Crippen molar-refractivity contribution in [1.29, 1.82) is 0 Å². The Hall–Kier alpha value is -2.41. The minimum Gasteiger partial charge on any atom is -0.296 e. The molecule has 2 nitrogen and oxygen atoms in total. The highest BCUT2D eigenvalue weighted by Gasteiger charge is 2.31. The van der Waals surface area contributed by atoms with Gasteiger partial charge in [0.05, 0.1) is 6.04 Å². The van der Waals surface area contributed by atoms with Crippen LogP contribution in [0.3, 0.4) is 0 Å². The molecule has 3 aromatic rings. The third-order valence-electron chi connectivity index (χ3n) is 5.29. The Morgan fingerprint density at radius 3 is 1.77 bits per heavy atom. The van der Waals surface area contributed by atoms with Gasteiger partial charge < -0.3 is 0 Å². The standard InChI is InChI=1S/C27H32NOP/c1-3-5-16-23(15-4-2)27(24-17-9-6-10-18-24)28-30(29,25-19-11-7-12-20-25)26-21-13-8-14-22-26/h6-14,16-22,27H,3-5,15H2,1-2H3,(H,28,29)/t27-/m1/s1. The second-order valence-electron chi connectivity index (χ2n) is 7.57. The van der Waals surface area contributed by atoms with Gasteiger partial charge in [0.25, 0.3) is 0 Å². The molecule has 3 rings (SSSR count).